The van der Waals surface area contributed by atoms with Gasteiger partial charge in [0.15, 0.2) is 0 Å². The fraction of sp³-hybridized carbons (Fsp3) is 0.0270. The van der Waals surface area contributed by atoms with Crippen LogP contribution in [-0.2, 0) is 0 Å². The number of rotatable bonds is 6. The average molecular weight is 488 g/mol. The summed E-state index contributed by atoms with van der Waals surface area (Å²) >= 11 is 0. The van der Waals surface area contributed by atoms with Crippen LogP contribution in [0.3, 0.4) is 0 Å². The lowest BCUT2D eigenvalue weighted by Crippen LogP contribution is -2.11. The Balaban J connectivity index is 1.53. The van der Waals surface area contributed by atoms with Crippen molar-refractivity contribution in [3.05, 3.63) is 158 Å². The van der Waals surface area contributed by atoms with Crippen LogP contribution in [0.4, 0.5) is 11.4 Å². The van der Waals surface area contributed by atoms with Crippen LogP contribution in [0.25, 0.3) is 44.5 Å². The van der Waals surface area contributed by atoms with E-state index in [2.05, 4.69) is 170 Å². The van der Waals surface area contributed by atoms with Gasteiger partial charge in [-0.05, 0) is 57.1 Å². The Morgan fingerprint density at radius 1 is 0.342 bits per heavy atom. The van der Waals surface area contributed by atoms with Crippen molar-refractivity contribution in [2.45, 2.75) is 0 Å². The Labute approximate surface area is 225 Å². The number of benzene rings is 6. The van der Waals surface area contributed by atoms with Crippen molar-refractivity contribution < 1.29 is 0 Å². The molecular formula is C37H29N. The first-order chi connectivity index (χ1) is 18.8. The summed E-state index contributed by atoms with van der Waals surface area (Å²) in [4.78, 5) is 2.30. The highest BCUT2D eigenvalue weighted by Gasteiger charge is 2.16. The van der Waals surface area contributed by atoms with Crippen LogP contribution in [0.1, 0.15) is 0 Å². The zero-order valence-corrected chi connectivity index (χ0v) is 21.5. The fourth-order valence-corrected chi connectivity index (χ4v) is 5.19. The number of anilines is 2. The van der Waals surface area contributed by atoms with Gasteiger partial charge in [0.1, 0.15) is 0 Å². The third-order valence-corrected chi connectivity index (χ3v) is 7.13. The van der Waals surface area contributed by atoms with Gasteiger partial charge in [0.2, 0.25) is 0 Å². The minimum Gasteiger partial charge on any atom is -0.344 e. The van der Waals surface area contributed by atoms with Gasteiger partial charge in [0.05, 0.1) is 0 Å². The van der Waals surface area contributed by atoms with E-state index in [4.69, 9.17) is 0 Å². The smallest absolute Gasteiger partial charge is 0.0487 e. The normalized spacial score (nSPS) is 10.8. The highest BCUT2D eigenvalue weighted by Crippen LogP contribution is 2.42. The maximum absolute atomic E-state index is 2.34. The first-order valence-corrected chi connectivity index (χ1v) is 13.0. The molecule has 0 aliphatic heterocycles. The Hall–Kier alpha value is -4.88. The van der Waals surface area contributed by atoms with Crippen molar-refractivity contribution in [3.8, 4) is 44.5 Å². The summed E-state index contributed by atoms with van der Waals surface area (Å²) in [7, 11) is 2.16. The van der Waals surface area contributed by atoms with Crippen LogP contribution in [0.2, 0.25) is 0 Å². The second-order valence-electron chi connectivity index (χ2n) is 9.45. The quantitative estimate of drug-likeness (QED) is 0.226. The summed E-state index contributed by atoms with van der Waals surface area (Å²) in [5.74, 6) is 0. The third-order valence-electron chi connectivity index (χ3n) is 7.13. The van der Waals surface area contributed by atoms with E-state index in [1.54, 1.807) is 0 Å². The Morgan fingerprint density at radius 2 is 0.763 bits per heavy atom. The summed E-state index contributed by atoms with van der Waals surface area (Å²) in [5, 5.41) is 0. The molecule has 0 N–H and O–H groups in total. The van der Waals surface area contributed by atoms with Gasteiger partial charge in [0.25, 0.3) is 0 Å². The largest absolute Gasteiger partial charge is 0.344 e. The molecule has 38 heavy (non-hydrogen) atoms. The monoisotopic (exact) mass is 487 g/mol. The highest BCUT2D eigenvalue weighted by atomic mass is 15.1. The van der Waals surface area contributed by atoms with E-state index in [9.17, 15) is 0 Å². The molecule has 0 amide bonds. The van der Waals surface area contributed by atoms with Crippen molar-refractivity contribution in [3.63, 3.8) is 0 Å². The van der Waals surface area contributed by atoms with E-state index in [0.29, 0.717) is 0 Å². The minimum atomic E-state index is 1.14. The molecule has 6 rings (SSSR count). The molecule has 0 aliphatic rings. The molecule has 182 valence electrons. The average Bonchev–Trinajstić information content (AvgIpc) is 3.02. The molecule has 0 radical (unpaired) electrons. The van der Waals surface area contributed by atoms with Gasteiger partial charge < -0.3 is 4.90 Å². The molecule has 0 heterocycles. The second kappa shape index (κ2) is 10.6. The molecule has 0 aliphatic carbocycles. The number of para-hydroxylation sites is 1. The second-order valence-corrected chi connectivity index (χ2v) is 9.45. The van der Waals surface area contributed by atoms with Gasteiger partial charge in [-0.2, -0.15) is 0 Å². The molecule has 1 nitrogen and oxygen atoms in total. The molecule has 0 saturated heterocycles. The van der Waals surface area contributed by atoms with Gasteiger partial charge in [-0.1, -0.05) is 140 Å². The molecule has 0 fully saturated rings. The zero-order chi connectivity index (χ0) is 25.7. The summed E-state index contributed by atoms with van der Waals surface area (Å²) in [5.41, 5.74) is 12.1. The molecule has 0 aromatic heterocycles. The molecule has 0 spiro atoms. The van der Waals surface area contributed by atoms with Crippen molar-refractivity contribution in [1.82, 2.24) is 0 Å². The van der Waals surface area contributed by atoms with Crippen LogP contribution in [0.5, 0.6) is 0 Å². The Morgan fingerprint density at radius 3 is 1.34 bits per heavy atom. The summed E-state index contributed by atoms with van der Waals surface area (Å²) in [6.45, 7) is 0. The third kappa shape index (κ3) is 4.63. The predicted octanol–water partition coefficient (Wildman–Crippen LogP) is 10.1. The zero-order valence-electron chi connectivity index (χ0n) is 21.5. The van der Waals surface area contributed by atoms with Crippen molar-refractivity contribution >= 4 is 11.4 Å². The van der Waals surface area contributed by atoms with Gasteiger partial charge in [0, 0.05) is 24.0 Å². The standard InChI is InChI=1S/C37H29N/c1-38(37-24-14-13-22-34(37)30-19-9-4-10-20-30)31-25-26-33(29-17-7-3-8-18-29)36(27-31)35-23-12-11-21-32(35)28-15-5-2-6-16-28/h2-27H,1H3. The number of hydrogen-bond donors (Lipinski definition) is 0. The van der Waals surface area contributed by atoms with E-state index in [1.807, 2.05) is 0 Å². The highest BCUT2D eigenvalue weighted by molar-refractivity contribution is 5.94. The lowest BCUT2D eigenvalue weighted by atomic mass is 9.89. The van der Waals surface area contributed by atoms with E-state index in [1.165, 1.54) is 50.2 Å². The first kappa shape index (κ1) is 23.5. The summed E-state index contributed by atoms with van der Waals surface area (Å²) in [6.07, 6.45) is 0. The molecule has 0 unspecified atom stereocenters. The van der Waals surface area contributed by atoms with E-state index < -0.39 is 0 Å². The first-order valence-electron chi connectivity index (χ1n) is 13.0. The van der Waals surface area contributed by atoms with E-state index in [-0.39, 0.29) is 0 Å². The van der Waals surface area contributed by atoms with Gasteiger partial charge in [-0.3, -0.25) is 0 Å². The van der Waals surface area contributed by atoms with Crippen molar-refractivity contribution in [1.29, 1.82) is 0 Å². The lowest BCUT2D eigenvalue weighted by molar-refractivity contribution is 1.21. The van der Waals surface area contributed by atoms with Crippen LogP contribution < -0.4 is 4.90 Å². The number of hydrogen-bond acceptors (Lipinski definition) is 1. The summed E-state index contributed by atoms with van der Waals surface area (Å²) in [6, 6.07) is 56.1. The predicted molar refractivity (Wildman–Crippen MR) is 163 cm³/mol. The maximum Gasteiger partial charge on any atom is 0.0487 e. The molecule has 6 aromatic carbocycles. The minimum absolute atomic E-state index is 1.14. The van der Waals surface area contributed by atoms with Gasteiger partial charge in [-0.15, -0.1) is 0 Å². The molecule has 0 bridgehead atoms. The van der Waals surface area contributed by atoms with Crippen LogP contribution >= 0.6 is 0 Å². The lowest BCUT2D eigenvalue weighted by Gasteiger charge is -2.25. The van der Waals surface area contributed by atoms with Gasteiger partial charge >= 0.3 is 0 Å². The summed E-state index contributed by atoms with van der Waals surface area (Å²) < 4.78 is 0. The Kier molecular flexibility index (Phi) is 6.57. The molecular weight excluding hydrogens is 458 g/mol. The van der Waals surface area contributed by atoms with E-state index in [0.717, 1.165) is 5.69 Å². The molecule has 0 atom stereocenters. The van der Waals surface area contributed by atoms with Crippen LogP contribution in [-0.4, -0.2) is 7.05 Å². The van der Waals surface area contributed by atoms with E-state index >= 15 is 0 Å². The molecule has 6 aromatic rings. The molecule has 0 saturated carbocycles. The molecule has 1 heteroatoms. The Bertz CT molecular complexity index is 1650. The van der Waals surface area contributed by atoms with Crippen LogP contribution in [0, 0.1) is 0 Å². The van der Waals surface area contributed by atoms with Crippen molar-refractivity contribution in [2.24, 2.45) is 0 Å². The van der Waals surface area contributed by atoms with Gasteiger partial charge in [-0.25, -0.2) is 0 Å². The fourth-order valence-electron chi connectivity index (χ4n) is 5.19. The maximum atomic E-state index is 2.34. The topological polar surface area (TPSA) is 3.24 Å². The van der Waals surface area contributed by atoms with Crippen LogP contribution in [0.15, 0.2) is 158 Å². The SMILES string of the molecule is CN(c1ccc(-c2ccccc2)c(-c2ccccc2-c2ccccc2)c1)c1ccccc1-c1ccccc1. The number of nitrogens with zero attached hydrogens (tertiary/aromatic N) is 1. The van der Waals surface area contributed by atoms with Crippen molar-refractivity contribution in [2.75, 3.05) is 11.9 Å².